The maximum atomic E-state index is 11.7. The third-order valence-electron chi connectivity index (χ3n) is 2.64. The van der Waals surface area contributed by atoms with Crippen molar-refractivity contribution in [1.29, 1.82) is 0 Å². The number of hydrogen-bond donors (Lipinski definition) is 0. The van der Waals surface area contributed by atoms with Crippen LogP contribution < -0.4 is 5.56 Å². The van der Waals surface area contributed by atoms with Crippen LogP contribution in [-0.4, -0.2) is 22.0 Å². The third-order valence-corrected chi connectivity index (χ3v) is 3.39. The van der Waals surface area contributed by atoms with Crippen molar-refractivity contribution in [3.63, 3.8) is 0 Å². The molecule has 2 unspecified atom stereocenters. The summed E-state index contributed by atoms with van der Waals surface area (Å²) >= 11 is 11.4. The van der Waals surface area contributed by atoms with Crippen molar-refractivity contribution < 1.29 is 4.74 Å². The molecule has 1 saturated heterocycles. The average molecular weight is 263 g/mol. The quantitative estimate of drug-likeness (QED) is 0.820. The maximum absolute atomic E-state index is 11.7. The Morgan fingerprint density at radius 3 is 2.94 bits per heavy atom. The number of hydrogen-bond acceptors (Lipinski definition) is 3. The van der Waals surface area contributed by atoms with Gasteiger partial charge in [0.25, 0.3) is 5.56 Å². The summed E-state index contributed by atoms with van der Waals surface area (Å²) in [5, 5.41) is 4.14. The van der Waals surface area contributed by atoms with Gasteiger partial charge in [0, 0.05) is 0 Å². The van der Waals surface area contributed by atoms with E-state index in [1.807, 2.05) is 6.92 Å². The molecule has 0 spiro atoms. The molecule has 0 aromatic carbocycles. The molecule has 2 heterocycles. The largest absolute Gasteiger partial charge is 0.373 e. The molecule has 1 fully saturated rings. The second-order valence-corrected chi connectivity index (χ2v) is 4.72. The Bertz CT molecular complexity index is 447. The third kappa shape index (κ3) is 2.39. The van der Waals surface area contributed by atoms with Gasteiger partial charge in [0.2, 0.25) is 0 Å². The minimum Gasteiger partial charge on any atom is -0.373 e. The fourth-order valence-electron chi connectivity index (χ4n) is 1.79. The first-order valence-electron chi connectivity index (χ1n) is 5.14. The van der Waals surface area contributed by atoms with Crippen molar-refractivity contribution in [2.24, 2.45) is 0 Å². The average Bonchev–Trinajstić information content (AvgIpc) is 2.65. The van der Waals surface area contributed by atoms with Crippen LogP contribution in [0.4, 0.5) is 0 Å². The molecule has 2 atom stereocenters. The molecule has 16 heavy (non-hydrogen) atoms. The highest BCUT2D eigenvalue weighted by atomic mass is 35.5. The zero-order valence-corrected chi connectivity index (χ0v) is 10.3. The van der Waals surface area contributed by atoms with Gasteiger partial charge in [-0.05, 0) is 19.8 Å². The topological polar surface area (TPSA) is 44.1 Å². The van der Waals surface area contributed by atoms with Crippen molar-refractivity contribution >= 4 is 23.2 Å². The van der Waals surface area contributed by atoms with Crippen LogP contribution in [0.3, 0.4) is 0 Å². The lowest BCUT2D eigenvalue weighted by atomic mass is 10.2. The Kier molecular flexibility index (Phi) is 3.52. The molecule has 1 aromatic heterocycles. The number of halogens is 2. The summed E-state index contributed by atoms with van der Waals surface area (Å²) in [5.74, 6) is 0. The molecular weight excluding hydrogens is 251 g/mol. The first-order chi connectivity index (χ1) is 7.58. The van der Waals surface area contributed by atoms with Crippen LogP contribution in [0.1, 0.15) is 19.8 Å². The smallest absolute Gasteiger partial charge is 0.287 e. The van der Waals surface area contributed by atoms with Gasteiger partial charge in [-0.15, -0.1) is 0 Å². The molecule has 0 N–H and O–H groups in total. The number of rotatable bonds is 2. The predicted molar refractivity (Wildman–Crippen MR) is 62.1 cm³/mol. The van der Waals surface area contributed by atoms with Gasteiger partial charge in [0.05, 0.1) is 30.0 Å². The Balaban J connectivity index is 2.16. The number of ether oxygens (including phenoxy) is 1. The molecule has 0 amide bonds. The van der Waals surface area contributed by atoms with E-state index in [0.29, 0.717) is 6.54 Å². The molecule has 1 aromatic rings. The van der Waals surface area contributed by atoms with E-state index in [9.17, 15) is 4.79 Å². The van der Waals surface area contributed by atoms with Gasteiger partial charge in [-0.2, -0.15) is 5.10 Å². The Hall–Kier alpha value is -0.580. The van der Waals surface area contributed by atoms with E-state index >= 15 is 0 Å². The van der Waals surface area contributed by atoms with Gasteiger partial charge in [-0.1, -0.05) is 23.2 Å². The summed E-state index contributed by atoms with van der Waals surface area (Å²) in [6.45, 7) is 2.45. The van der Waals surface area contributed by atoms with Gasteiger partial charge in [-0.25, -0.2) is 4.68 Å². The molecule has 4 nitrogen and oxygen atoms in total. The highest BCUT2D eigenvalue weighted by Gasteiger charge is 2.23. The first kappa shape index (κ1) is 11.9. The molecular formula is C10H12Cl2N2O2. The molecule has 6 heteroatoms. The fourth-order valence-corrected chi connectivity index (χ4v) is 2.06. The molecule has 1 aliphatic rings. The molecule has 0 aliphatic carbocycles. The zero-order chi connectivity index (χ0) is 11.7. The lowest BCUT2D eigenvalue weighted by Gasteiger charge is -2.12. The van der Waals surface area contributed by atoms with E-state index in [1.54, 1.807) is 0 Å². The van der Waals surface area contributed by atoms with Crippen LogP contribution in [0.15, 0.2) is 11.0 Å². The maximum Gasteiger partial charge on any atom is 0.287 e. The normalized spacial score (nSPS) is 24.9. The molecule has 2 rings (SSSR count). The molecule has 0 bridgehead atoms. The van der Waals surface area contributed by atoms with E-state index < -0.39 is 0 Å². The van der Waals surface area contributed by atoms with Crippen molar-refractivity contribution in [3.8, 4) is 0 Å². The highest BCUT2D eigenvalue weighted by molar-refractivity contribution is 6.41. The van der Waals surface area contributed by atoms with Gasteiger partial charge in [0.15, 0.2) is 0 Å². The van der Waals surface area contributed by atoms with Crippen molar-refractivity contribution in [3.05, 3.63) is 26.6 Å². The Labute approximate surface area is 103 Å². The lowest BCUT2D eigenvalue weighted by Crippen LogP contribution is -2.29. The van der Waals surface area contributed by atoms with Crippen molar-refractivity contribution in [2.75, 3.05) is 0 Å². The minimum absolute atomic E-state index is 0.0164. The highest BCUT2D eigenvalue weighted by Crippen LogP contribution is 2.20. The van der Waals surface area contributed by atoms with E-state index in [2.05, 4.69) is 5.10 Å². The standard InChI is InChI=1S/C10H12Cl2N2O2/c1-6-2-3-7(16-6)5-14-10(15)9(12)8(11)4-13-14/h4,6-7H,2-3,5H2,1H3. The summed E-state index contributed by atoms with van der Waals surface area (Å²) in [4.78, 5) is 11.7. The minimum atomic E-state index is -0.364. The fraction of sp³-hybridized carbons (Fsp3) is 0.600. The van der Waals surface area contributed by atoms with E-state index in [0.717, 1.165) is 12.8 Å². The van der Waals surface area contributed by atoms with Gasteiger partial charge < -0.3 is 4.74 Å². The molecule has 88 valence electrons. The van der Waals surface area contributed by atoms with Crippen molar-refractivity contribution in [2.45, 2.75) is 38.5 Å². The second kappa shape index (κ2) is 4.73. The summed E-state index contributed by atoms with van der Waals surface area (Å²) < 4.78 is 6.92. The first-order valence-corrected chi connectivity index (χ1v) is 5.90. The van der Waals surface area contributed by atoms with Gasteiger partial charge in [-0.3, -0.25) is 4.79 Å². The van der Waals surface area contributed by atoms with Crippen molar-refractivity contribution in [1.82, 2.24) is 9.78 Å². The summed E-state index contributed by atoms with van der Waals surface area (Å²) in [6, 6.07) is 0. The predicted octanol–water partition coefficient (Wildman–Crippen LogP) is 2.12. The number of nitrogens with zero attached hydrogens (tertiary/aromatic N) is 2. The van der Waals surface area contributed by atoms with Crippen LogP contribution >= 0.6 is 23.2 Å². The van der Waals surface area contributed by atoms with E-state index in [4.69, 9.17) is 27.9 Å². The van der Waals surface area contributed by atoms with Gasteiger partial charge in [0.1, 0.15) is 5.02 Å². The van der Waals surface area contributed by atoms with Crippen LogP contribution in [0.2, 0.25) is 10.0 Å². The van der Waals surface area contributed by atoms with Crippen LogP contribution in [0.25, 0.3) is 0 Å². The van der Waals surface area contributed by atoms with E-state index in [-0.39, 0.29) is 27.8 Å². The van der Waals surface area contributed by atoms with E-state index in [1.165, 1.54) is 10.9 Å². The van der Waals surface area contributed by atoms with Crippen LogP contribution in [-0.2, 0) is 11.3 Å². The monoisotopic (exact) mass is 262 g/mol. The SMILES string of the molecule is CC1CCC(Cn2ncc(Cl)c(Cl)c2=O)O1. The molecule has 0 saturated carbocycles. The summed E-state index contributed by atoms with van der Waals surface area (Å²) in [6.07, 6.45) is 3.63. The Morgan fingerprint density at radius 1 is 1.56 bits per heavy atom. The van der Waals surface area contributed by atoms with Crippen LogP contribution in [0.5, 0.6) is 0 Å². The summed E-state index contributed by atoms with van der Waals surface area (Å²) in [7, 11) is 0. The Morgan fingerprint density at radius 2 is 2.31 bits per heavy atom. The molecule has 0 radical (unpaired) electrons. The number of aromatic nitrogens is 2. The zero-order valence-electron chi connectivity index (χ0n) is 8.82. The lowest BCUT2D eigenvalue weighted by molar-refractivity contribution is 0.0428. The molecule has 1 aliphatic heterocycles. The van der Waals surface area contributed by atoms with Crippen LogP contribution in [0, 0.1) is 0 Å². The second-order valence-electron chi connectivity index (χ2n) is 3.94. The summed E-state index contributed by atoms with van der Waals surface area (Å²) in [5.41, 5.74) is -0.364. The van der Waals surface area contributed by atoms with Gasteiger partial charge >= 0.3 is 0 Å².